The van der Waals surface area contributed by atoms with Gasteiger partial charge in [-0.15, -0.1) is 0 Å². The predicted octanol–water partition coefficient (Wildman–Crippen LogP) is 5.27. The van der Waals surface area contributed by atoms with Crippen LogP contribution in [-0.2, 0) is 9.84 Å². The highest BCUT2D eigenvalue weighted by Gasteiger charge is 2.57. The van der Waals surface area contributed by atoms with E-state index in [0.29, 0.717) is 17.9 Å². The monoisotopic (exact) mass is 327 g/mol. The SMILES string of the molecule is CC(C)(C)[Si](C)(C)OC1C[C@@H]2C[C@H]1C[C@@]2(C#N)c1ccccc1. The van der Waals surface area contributed by atoms with E-state index in [9.17, 15) is 5.26 Å². The second kappa shape index (κ2) is 5.46. The largest absolute Gasteiger partial charge is 0.414 e. The second-order valence-corrected chi connectivity index (χ2v) is 13.8. The van der Waals surface area contributed by atoms with Gasteiger partial charge in [-0.2, -0.15) is 5.26 Å². The van der Waals surface area contributed by atoms with E-state index in [0.717, 1.165) is 19.3 Å². The van der Waals surface area contributed by atoms with E-state index in [1.54, 1.807) is 0 Å². The molecular weight excluding hydrogens is 298 g/mol. The summed E-state index contributed by atoms with van der Waals surface area (Å²) in [4.78, 5) is 0. The number of hydrogen-bond acceptors (Lipinski definition) is 2. The van der Waals surface area contributed by atoms with Gasteiger partial charge in [0.15, 0.2) is 8.32 Å². The van der Waals surface area contributed by atoms with Gasteiger partial charge in [-0.25, -0.2) is 0 Å². The lowest BCUT2D eigenvalue weighted by molar-refractivity contribution is 0.104. The summed E-state index contributed by atoms with van der Waals surface area (Å²) in [5, 5.41) is 10.2. The highest BCUT2D eigenvalue weighted by molar-refractivity contribution is 6.74. The molecule has 3 heteroatoms. The van der Waals surface area contributed by atoms with Crippen molar-refractivity contribution < 1.29 is 4.43 Å². The summed E-state index contributed by atoms with van der Waals surface area (Å²) in [6.45, 7) is 11.6. The van der Waals surface area contributed by atoms with E-state index >= 15 is 0 Å². The van der Waals surface area contributed by atoms with Crippen LogP contribution in [0.4, 0.5) is 0 Å². The molecule has 2 aliphatic carbocycles. The van der Waals surface area contributed by atoms with Gasteiger partial charge in [-0.1, -0.05) is 51.1 Å². The maximum absolute atomic E-state index is 9.96. The van der Waals surface area contributed by atoms with Crippen LogP contribution in [0.25, 0.3) is 0 Å². The van der Waals surface area contributed by atoms with E-state index in [4.69, 9.17) is 4.43 Å². The Morgan fingerprint density at radius 3 is 2.30 bits per heavy atom. The maximum atomic E-state index is 9.96. The number of nitriles is 1. The third-order valence-electron chi connectivity index (χ3n) is 6.65. The van der Waals surface area contributed by atoms with Gasteiger partial charge in [0.1, 0.15) is 0 Å². The average molecular weight is 328 g/mol. The number of rotatable bonds is 3. The van der Waals surface area contributed by atoms with Gasteiger partial charge < -0.3 is 4.43 Å². The van der Waals surface area contributed by atoms with E-state index in [-0.39, 0.29) is 10.5 Å². The van der Waals surface area contributed by atoms with Crippen LogP contribution < -0.4 is 0 Å². The van der Waals surface area contributed by atoms with Crippen molar-refractivity contribution in [1.82, 2.24) is 0 Å². The lowest BCUT2D eigenvalue weighted by atomic mass is 9.69. The van der Waals surface area contributed by atoms with Gasteiger partial charge in [0.2, 0.25) is 0 Å². The minimum atomic E-state index is -1.73. The Morgan fingerprint density at radius 1 is 1.17 bits per heavy atom. The molecule has 3 rings (SSSR count). The highest BCUT2D eigenvalue weighted by Crippen LogP contribution is 2.58. The van der Waals surface area contributed by atoms with Crippen LogP contribution in [0.3, 0.4) is 0 Å². The third-order valence-corrected chi connectivity index (χ3v) is 11.2. The number of fused-ring (bicyclic) bond motifs is 2. The molecule has 0 amide bonds. The van der Waals surface area contributed by atoms with Crippen molar-refractivity contribution in [3.63, 3.8) is 0 Å². The summed E-state index contributed by atoms with van der Waals surface area (Å²) in [5.74, 6) is 1.00. The summed E-state index contributed by atoms with van der Waals surface area (Å²) in [5.41, 5.74) is 0.930. The molecule has 0 radical (unpaired) electrons. The number of nitrogens with zero attached hydrogens (tertiary/aromatic N) is 1. The first-order valence-electron chi connectivity index (χ1n) is 8.84. The van der Waals surface area contributed by atoms with Crippen molar-refractivity contribution >= 4 is 8.32 Å². The zero-order valence-electron chi connectivity index (χ0n) is 15.1. The molecule has 0 N–H and O–H groups in total. The maximum Gasteiger partial charge on any atom is 0.192 e. The molecule has 0 saturated heterocycles. The highest BCUT2D eigenvalue weighted by atomic mass is 28.4. The fourth-order valence-corrected chi connectivity index (χ4v) is 5.67. The molecule has 0 aliphatic heterocycles. The Labute approximate surface area is 142 Å². The molecule has 1 unspecified atom stereocenters. The Bertz CT molecular complexity index is 613. The van der Waals surface area contributed by atoms with Crippen molar-refractivity contribution in [2.75, 3.05) is 0 Å². The zero-order chi connectivity index (χ0) is 16.9. The van der Waals surface area contributed by atoms with E-state index in [2.05, 4.69) is 64.2 Å². The molecule has 0 spiro atoms. The lowest BCUT2D eigenvalue weighted by Crippen LogP contribution is -2.47. The van der Waals surface area contributed by atoms with Gasteiger partial charge in [0, 0.05) is 6.10 Å². The lowest BCUT2D eigenvalue weighted by Gasteiger charge is -2.42. The van der Waals surface area contributed by atoms with Gasteiger partial charge in [-0.05, 0) is 54.8 Å². The van der Waals surface area contributed by atoms with Crippen LogP contribution in [0.1, 0.15) is 45.6 Å². The first-order chi connectivity index (χ1) is 10.7. The Kier molecular flexibility index (Phi) is 3.97. The Morgan fingerprint density at radius 2 is 1.83 bits per heavy atom. The van der Waals surface area contributed by atoms with Gasteiger partial charge in [-0.3, -0.25) is 0 Å². The molecule has 2 saturated carbocycles. The van der Waals surface area contributed by atoms with E-state index in [1.807, 2.05) is 6.07 Å². The molecule has 0 aromatic heterocycles. The molecule has 2 aliphatic rings. The minimum Gasteiger partial charge on any atom is -0.414 e. The van der Waals surface area contributed by atoms with Crippen molar-refractivity contribution in [3.8, 4) is 6.07 Å². The second-order valence-electron chi connectivity index (χ2n) is 9.00. The molecule has 0 heterocycles. The molecule has 2 bridgehead atoms. The van der Waals surface area contributed by atoms with Crippen molar-refractivity contribution in [1.29, 1.82) is 5.26 Å². The average Bonchev–Trinajstić information content (AvgIpc) is 3.04. The third kappa shape index (κ3) is 2.66. The zero-order valence-corrected chi connectivity index (χ0v) is 16.1. The topological polar surface area (TPSA) is 33.0 Å². The fourth-order valence-electron chi connectivity index (χ4n) is 4.27. The molecule has 124 valence electrons. The van der Waals surface area contributed by atoms with Crippen molar-refractivity contribution in [2.45, 2.75) is 69.7 Å². The van der Waals surface area contributed by atoms with Crippen LogP contribution in [-0.4, -0.2) is 14.4 Å². The van der Waals surface area contributed by atoms with Gasteiger partial charge in [0.05, 0.1) is 11.5 Å². The Hall–Kier alpha value is -1.11. The molecule has 1 aromatic carbocycles. The van der Waals surface area contributed by atoms with Crippen LogP contribution in [0.15, 0.2) is 30.3 Å². The molecule has 1 aromatic rings. The van der Waals surface area contributed by atoms with Crippen LogP contribution >= 0.6 is 0 Å². The summed E-state index contributed by atoms with van der Waals surface area (Å²) >= 11 is 0. The normalized spacial score (nSPS) is 33.7. The Balaban J connectivity index is 1.79. The first kappa shape index (κ1) is 16.7. The van der Waals surface area contributed by atoms with Crippen molar-refractivity contribution in [3.05, 3.63) is 35.9 Å². The summed E-state index contributed by atoms with van der Waals surface area (Å²) in [6, 6.07) is 13.1. The molecular formula is C20H29NOSi. The summed E-state index contributed by atoms with van der Waals surface area (Å²) in [6.07, 6.45) is 3.55. The predicted molar refractivity (Wildman–Crippen MR) is 96.6 cm³/mol. The van der Waals surface area contributed by atoms with Crippen LogP contribution in [0, 0.1) is 23.2 Å². The number of hydrogen-bond donors (Lipinski definition) is 0. The molecule has 2 nitrogen and oxygen atoms in total. The molecule has 2 fully saturated rings. The van der Waals surface area contributed by atoms with E-state index < -0.39 is 8.32 Å². The number of benzene rings is 1. The quantitative estimate of drug-likeness (QED) is 0.709. The molecule has 23 heavy (non-hydrogen) atoms. The van der Waals surface area contributed by atoms with Crippen molar-refractivity contribution in [2.24, 2.45) is 11.8 Å². The first-order valence-corrected chi connectivity index (χ1v) is 11.7. The van der Waals surface area contributed by atoms with Crippen LogP contribution in [0.5, 0.6) is 0 Å². The summed E-state index contributed by atoms with van der Waals surface area (Å²) < 4.78 is 6.70. The van der Waals surface area contributed by atoms with Gasteiger partial charge >= 0.3 is 0 Å². The van der Waals surface area contributed by atoms with E-state index in [1.165, 1.54) is 5.56 Å². The minimum absolute atomic E-state index is 0.251. The van der Waals surface area contributed by atoms with Crippen LogP contribution in [0.2, 0.25) is 18.1 Å². The fraction of sp³-hybridized carbons (Fsp3) is 0.650. The van der Waals surface area contributed by atoms with Gasteiger partial charge in [0.25, 0.3) is 0 Å². The standard InChI is InChI=1S/C20H29NOSi/c1-19(2,3)23(4,5)22-18-12-17-11-15(18)13-20(17,14-21)16-9-7-6-8-10-16/h6-10,15,17-18H,11-13H2,1-5H3/t15-,17-,18?,20+/m0/s1. The molecule has 4 atom stereocenters. The summed E-state index contributed by atoms with van der Waals surface area (Å²) in [7, 11) is -1.73. The smallest absolute Gasteiger partial charge is 0.192 e.